The molecule has 0 aliphatic carbocycles. The van der Waals surface area contributed by atoms with E-state index in [2.05, 4.69) is 25.8 Å². The van der Waals surface area contributed by atoms with E-state index >= 15 is 0 Å². The molecule has 2 aromatic heterocycles. The fourth-order valence-electron chi connectivity index (χ4n) is 3.09. The fourth-order valence-corrected chi connectivity index (χ4v) is 6.12. The molecule has 31 heavy (non-hydrogen) atoms. The zero-order valence-electron chi connectivity index (χ0n) is 16.2. The van der Waals surface area contributed by atoms with Crippen LogP contribution in [0.15, 0.2) is 45.8 Å². The van der Waals surface area contributed by atoms with Gasteiger partial charge in [-0.1, -0.05) is 11.8 Å². The van der Waals surface area contributed by atoms with Crippen LogP contribution in [0, 0.1) is 0 Å². The summed E-state index contributed by atoms with van der Waals surface area (Å²) in [6.45, 7) is 0. The van der Waals surface area contributed by atoms with Gasteiger partial charge >= 0.3 is 5.97 Å². The van der Waals surface area contributed by atoms with Crippen LogP contribution in [0.1, 0.15) is 0 Å². The Balaban J connectivity index is 1.39. The lowest BCUT2D eigenvalue weighted by Crippen LogP contribution is -2.70. The number of β-lactam (4-membered cyclic amide) rings is 1. The van der Waals surface area contributed by atoms with Crippen LogP contribution in [0.5, 0.6) is 0 Å². The van der Waals surface area contributed by atoms with Gasteiger partial charge < -0.3 is 10.4 Å². The number of hydrogen-bond acceptors (Lipinski definition) is 10. The van der Waals surface area contributed by atoms with Crippen LogP contribution in [-0.2, 0) is 21.4 Å². The van der Waals surface area contributed by atoms with Crippen molar-refractivity contribution in [3.8, 4) is 0 Å². The largest absolute Gasteiger partial charge is 0.477 e. The van der Waals surface area contributed by atoms with Crippen LogP contribution in [0.25, 0.3) is 0 Å². The van der Waals surface area contributed by atoms with Gasteiger partial charge in [0.05, 0.1) is 5.75 Å². The Morgan fingerprint density at radius 1 is 1.32 bits per heavy atom. The Kier molecular flexibility index (Phi) is 6.48. The van der Waals surface area contributed by atoms with E-state index in [0.717, 1.165) is 4.90 Å². The number of nitrogens with zero attached hydrogens (tertiary/aromatic N) is 6. The average molecular weight is 480 g/mol. The number of aryl methyl sites for hydroxylation is 1. The monoisotopic (exact) mass is 479 g/mol. The molecule has 1 unspecified atom stereocenters. The number of carboxylic acid groups (broad SMARTS) is 1. The standard InChI is InChI=1S/C17H17N7O4S3/c1-23-17(20-21-22-23)31-7-9-6-30-15-12(14(26)24(15)13(9)16(27)28)19-11(25)8-29-10-2-4-18-5-3-10/h2-5,12,15H,6-8H2,1H3,(H,19,25)(H,27,28)/t12?,15-/m1/s1. The van der Waals surface area contributed by atoms with Gasteiger partial charge in [-0.25, -0.2) is 9.48 Å². The minimum absolute atomic E-state index is 0.0203. The molecule has 0 radical (unpaired) electrons. The number of nitrogens with one attached hydrogen (secondary N) is 1. The summed E-state index contributed by atoms with van der Waals surface area (Å²) in [5, 5.41) is 23.8. The van der Waals surface area contributed by atoms with Crippen molar-refractivity contribution in [3.63, 3.8) is 0 Å². The third-order valence-corrected chi connectivity index (χ3v) is 7.99. The quantitative estimate of drug-likeness (QED) is 0.396. The second-order valence-electron chi connectivity index (χ2n) is 6.56. The number of carbonyl (C=O) groups excluding carboxylic acids is 2. The summed E-state index contributed by atoms with van der Waals surface area (Å²) in [6.07, 6.45) is 3.28. The fraction of sp³-hybridized carbons (Fsp3) is 0.353. The Hall–Kier alpha value is -2.58. The van der Waals surface area contributed by atoms with Crippen LogP contribution in [-0.4, -0.2) is 81.7 Å². The van der Waals surface area contributed by atoms with Crippen molar-refractivity contribution in [2.75, 3.05) is 17.3 Å². The molecule has 0 bridgehead atoms. The van der Waals surface area contributed by atoms with Gasteiger partial charge in [-0.2, -0.15) is 0 Å². The van der Waals surface area contributed by atoms with Crippen molar-refractivity contribution >= 4 is 53.1 Å². The minimum Gasteiger partial charge on any atom is -0.477 e. The van der Waals surface area contributed by atoms with Crippen LogP contribution < -0.4 is 5.32 Å². The zero-order valence-corrected chi connectivity index (χ0v) is 18.6. The van der Waals surface area contributed by atoms with Gasteiger partial charge in [-0.3, -0.25) is 19.5 Å². The first-order valence-electron chi connectivity index (χ1n) is 9.03. The Morgan fingerprint density at radius 3 is 2.77 bits per heavy atom. The highest BCUT2D eigenvalue weighted by Gasteiger charge is 2.54. The molecule has 2 aliphatic heterocycles. The molecule has 2 aromatic rings. The summed E-state index contributed by atoms with van der Waals surface area (Å²) >= 11 is 4.08. The van der Waals surface area contributed by atoms with E-state index in [4.69, 9.17) is 0 Å². The van der Waals surface area contributed by atoms with E-state index in [1.807, 2.05) is 0 Å². The first kappa shape index (κ1) is 21.6. The normalized spacial score (nSPS) is 20.3. The number of rotatable bonds is 8. The third kappa shape index (κ3) is 4.55. The van der Waals surface area contributed by atoms with Crippen LogP contribution in [0.3, 0.4) is 0 Å². The Morgan fingerprint density at radius 2 is 2.10 bits per heavy atom. The Labute approximate surface area is 189 Å². The number of fused-ring (bicyclic) bond motifs is 1. The number of thioether (sulfide) groups is 3. The molecule has 162 valence electrons. The maximum atomic E-state index is 12.7. The predicted molar refractivity (Wildman–Crippen MR) is 114 cm³/mol. The molecule has 1 saturated heterocycles. The van der Waals surface area contributed by atoms with Crippen molar-refractivity contribution in [1.29, 1.82) is 0 Å². The van der Waals surface area contributed by atoms with E-state index in [1.54, 1.807) is 31.6 Å². The van der Waals surface area contributed by atoms with E-state index in [0.29, 0.717) is 22.2 Å². The number of hydrogen-bond donors (Lipinski definition) is 2. The molecule has 14 heteroatoms. The number of aromatic nitrogens is 5. The third-order valence-electron chi connectivity index (χ3n) is 4.54. The second kappa shape index (κ2) is 9.28. The van der Waals surface area contributed by atoms with Crippen molar-refractivity contribution in [1.82, 2.24) is 35.4 Å². The van der Waals surface area contributed by atoms with Gasteiger partial charge in [-0.05, 0) is 28.1 Å². The molecule has 1 fully saturated rings. The first-order valence-corrected chi connectivity index (χ1v) is 12.0. The van der Waals surface area contributed by atoms with Crippen molar-refractivity contribution in [3.05, 3.63) is 35.8 Å². The minimum atomic E-state index is -1.16. The van der Waals surface area contributed by atoms with Crippen LogP contribution in [0.2, 0.25) is 0 Å². The van der Waals surface area contributed by atoms with E-state index in [-0.39, 0.29) is 17.4 Å². The van der Waals surface area contributed by atoms with E-state index < -0.39 is 23.3 Å². The highest BCUT2D eigenvalue weighted by Crippen LogP contribution is 2.41. The van der Waals surface area contributed by atoms with Gasteiger partial charge in [-0.15, -0.1) is 28.6 Å². The molecule has 11 nitrogen and oxygen atoms in total. The zero-order chi connectivity index (χ0) is 22.0. The summed E-state index contributed by atoms with van der Waals surface area (Å²) in [5.74, 6) is -0.924. The lowest BCUT2D eigenvalue weighted by atomic mass is 10.0. The highest BCUT2D eigenvalue weighted by atomic mass is 32.2. The molecule has 0 spiro atoms. The number of aliphatic carboxylic acids is 1. The predicted octanol–water partition coefficient (Wildman–Crippen LogP) is 0.228. The van der Waals surface area contributed by atoms with E-state index in [9.17, 15) is 19.5 Å². The molecule has 0 aromatic carbocycles. The number of tetrazole rings is 1. The van der Waals surface area contributed by atoms with Crippen molar-refractivity contribution in [2.45, 2.75) is 21.5 Å². The maximum Gasteiger partial charge on any atom is 0.352 e. The smallest absolute Gasteiger partial charge is 0.352 e. The summed E-state index contributed by atoms with van der Waals surface area (Å²) in [7, 11) is 1.69. The van der Waals surface area contributed by atoms with Gasteiger partial charge in [0.2, 0.25) is 11.1 Å². The summed E-state index contributed by atoms with van der Waals surface area (Å²) in [5.41, 5.74) is 0.598. The number of pyridine rings is 1. The molecule has 4 heterocycles. The number of amides is 2. The molecule has 2 aliphatic rings. The first-order chi connectivity index (χ1) is 15.0. The van der Waals surface area contributed by atoms with E-state index in [1.165, 1.54) is 44.9 Å². The Bertz CT molecular complexity index is 1050. The lowest BCUT2D eigenvalue weighted by molar-refractivity contribution is -0.150. The molecule has 2 amide bonds. The topological polar surface area (TPSA) is 143 Å². The maximum absolute atomic E-state index is 12.7. The highest BCUT2D eigenvalue weighted by molar-refractivity contribution is 8.01. The molecule has 4 rings (SSSR count). The molecule has 2 atom stereocenters. The molecular formula is C17H17N7O4S3. The van der Waals surface area contributed by atoms with Crippen LogP contribution >= 0.6 is 35.3 Å². The summed E-state index contributed by atoms with van der Waals surface area (Å²) in [6, 6.07) is 2.86. The van der Waals surface area contributed by atoms with Crippen LogP contribution in [0.4, 0.5) is 0 Å². The molecule has 0 saturated carbocycles. The number of carboxylic acids is 1. The average Bonchev–Trinajstić information content (AvgIpc) is 3.19. The van der Waals surface area contributed by atoms with Gasteiger partial charge in [0.1, 0.15) is 17.1 Å². The second-order valence-corrected chi connectivity index (χ2v) is 9.65. The van der Waals surface area contributed by atoms with Crippen molar-refractivity contribution < 1.29 is 19.5 Å². The lowest BCUT2D eigenvalue weighted by Gasteiger charge is -2.49. The summed E-state index contributed by atoms with van der Waals surface area (Å²) < 4.78 is 1.49. The van der Waals surface area contributed by atoms with Gasteiger partial charge in [0, 0.05) is 35.8 Å². The SMILES string of the molecule is Cn1nnnc1SCC1=C(C(=O)O)N2C(=O)C(NC(=O)CSc3ccncc3)[C@H]2SC1. The van der Waals surface area contributed by atoms with Gasteiger partial charge in [0.15, 0.2) is 0 Å². The molecular weight excluding hydrogens is 462 g/mol. The molecule has 2 N–H and O–H groups in total. The van der Waals surface area contributed by atoms with Crippen molar-refractivity contribution in [2.24, 2.45) is 7.05 Å². The van der Waals surface area contributed by atoms with Gasteiger partial charge in [0.25, 0.3) is 5.91 Å². The summed E-state index contributed by atoms with van der Waals surface area (Å²) in [4.78, 5) is 43.0. The number of carbonyl (C=O) groups is 3.